The van der Waals surface area contributed by atoms with Crippen LogP contribution in [0.2, 0.25) is 0 Å². The second kappa shape index (κ2) is 3.54. The first-order valence-corrected chi connectivity index (χ1v) is 4.63. The number of hydrogen-bond acceptors (Lipinski definition) is 2. The van der Waals surface area contributed by atoms with E-state index in [1.165, 1.54) is 0 Å². The van der Waals surface area contributed by atoms with Gasteiger partial charge in [-0.2, -0.15) is 0 Å². The predicted molar refractivity (Wildman–Crippen MR) is 55.1 cm³/mol. The zero-order valence-corrected chi connectivity index (χ0v) is 7.99. The lowest BCUT2D eigenvalue weighted by Gasteiger charge is -2.06. The van der Waals surface area contributed by atoms with Gasteiger partial charge in [0.15, 0.2) is 0 Å². The normalized spacial score (nSPS) is 10.4. The highest BCUT2D eigenvalue weighted by molar-refractivity contribution is 5.67. The molecule has 1 heterocycles. The molecular formula is C11H12N2O. The third-order valence-corrected chi connectivity index (χ3v) is 2.24. The molecule has 14 heavy (non-hydrogen) atoms. The number of aromatic hydroxyl groups is 1. The number of H-pyrrole nitrogens is 1. The van der Waals surface area contributed by atoms with Crippen molar-refractivity contribution in [2.24, 2.45) is 0 Å². The van der Waals surface area contributed by atoms with Gasteiger partial charge in [0, 0.05) is 12.4 Å². The van der Waals surface area contributed by atoms with Crippen LogP contribution in [0.3, 0.4) is 0 Å². The molecule has 0 bridgehead atoms. The molecule has 2 aromatic rings. The summed E-state index contributed by atoms with van der Waals surface area (Å²) in [6.45, 7) is 2.06. The molecule has 1 aromatic heterocycles. The van der Waals surface area contributed by atoms with Crippen LogP contribution in [-0.4, -0.2) is 15.1 Å². The summed E-state index contributed by atoms with van der Waals surface area (Å²) < 4.78 is 0. The Morgan fingerprint density at radius 1 is 1.43 bits per heavy atom. The molecule has 1 aromatic carbocycles. The van der Waals surface area contributed by atoms with E-state index < -0.39 is 0 Å². The monoisotopic (exact) mass is 188 g/mol. The first kappa shape index (κ1) is 8.81. The smallest absolute Gasteiger partial charge is 0.141 e. The van der Waals surface area contributed by atoms with Crippen LogP contribution >= 0.6 is 0 Å². The number of phenolic OH excluding ortho intramolecular Hbond substituents is 1. The minimum Gasteiger partial charge on any atom is -0.507 e. The van der Waals surface area contributed by atoms with Crippen molar-refractivity contribution in [3.8, 4) is 17.1 Å². The molecule has 0 saturated carbocycles. The summed E-state index contributed by atoms with van der Waals surface area (Å²) >= 11 is 0. The Hall–Kier alpha value is -1.77. The van der Waals surface area contributed by atoms with Crippen LogP contribution < -0.4 is 0 Å². The van der Waals surface area contributed by atoms with Gasteiger partial charge in [-0.1, -0.05) is 19.1 Å². The van der Waals surface area contributed by atoms with Crippen LogP contribution in [0.1, 0.15) is 12.5 Å². The first-order chi connectivity index (χ1) is 6.83. The Labute approximate surface area is 82.4 Å². The van der Waals surface area contributed by atoms with Crippen molar-refractivity contribution in [1.82, 2.24) is 9.97 Å². The van der Waals surface area contributed by atoms with E-state index in [-0.39, 0.29) is 5.75 Å². The van der Waals surface area contributed by atoms with Gasteiger partial charge in [-0.3, -0.25) is 0 Å². The van der Waals surface area contributed by atoms with Gasteiger partial charge in [0.2, 0.25) is 0 Å². The summed E-state index contributed by atoms with van der Waals surface area (Å²) in [4.78, 5) is 7.14. The van der Waals surface area contributed by atoms with E-state index in [1.807, 2.05) is 12.1 Å². The third-order valence-electron chi connectivity index (χ3n) is 2.24. The van der Waals surface area contributed by atoms with Crippen molar-refractivity contribution in [2.45, 2.75) is 13.3 Å². The number of aryl methyl sites for hydroxylation is 1. The molecule has 0 atom stereocenters. The lowest BCUT2D eigenvalue weighted by Crippen LogP contribution is -1.89. The van der Waals surface area contributed by atoms with Crippen molar-refractivity contribution in [1.29, 1.82) is 0 Å². The molecule has 2 N–H and O–H groups in total. The van der Waals surface area contributed by atoms with Crippen molar-refractivity contribution in [2.75, 3.05) is 0 Å². The van der Waals surface area contributed by atoms with E-state index in [2.05, 4.69) is 16.9 Å². The molecule has 2 rings (SSSR count). The molecule has 0 saturated heterocycles. The van der Waals surface area contributed by atoms with Gasteiger partial charge >= 0.3 is 0 Å². The zero-order chi connectivity index (χ0) is 9.97. The quantitative estimate of drug-likeness (QED) is 0.760. The number of aromatic nitrogens is 2. The van der Waals surface area contributed by atoms with Crippen LogP contribution in [0.15, 0.2) is 30.6 Å². The summed E-state index contributed by atoms with van der Waals surface area (Å²) in [5, 5.41) is 9.73. The van der Waals surface area contributed by atoms with Crippen molar-refractivity contribution < 1.29 is 5.11 Å². The van der Waals surface area contributed by atoms with Crippen molar-refractivity contribution >= 4 is 0 Å². The average Bonchev–Trinajstić information content (AvgIpc) is 2.70. The average molecular weight is 188 g/mol. The molecule has 0 amide bonds. The first-order valence-electron chi connectivity index (χ1n) is 4.63. The third kappa shape index (κ3) is 1.37. The van der Waals surface area contributed by atoms with Gasteiger partial charge in [0.25, 0.3) is 0 Å². The number of nitrogens with one attached hydrogen (secondary N) is 1. The minimum absolute atomic E-state index is 0.277. The summed E-state index contributed by atoms with van der Waals surface area (Å²) in [6, 6.07) is 5.52. The van der Waals surface area contributed by atoms with Crippen LogP contribution in [0, 0.1) is 0 Å². The molecule has 3 nitrogen and oxygen atoms in total. The van der Waals surface area contributed by atoms with Crippen molar-refractivity contribution in [3.63, 3.8) is 0 Å². The van der Waals surface area contributed by atoms with E-state index in [1.54, 1.807) is 18.5 Å². The maximum Gasteiger partial charge on any atom is 0.141 e. The van der Waals surface area contributed by atoms with Crippen LogP contribution in [0.5, 0.6) is 5.75 Å². The fraction of sp³-hybridized carbons (Fsp3) is 0.182. The number of rotatable bonds is 2. The lowest BCUT2D eigenvalue weighted by molar-refractivity contribution is 0.476. The molecule has 0 unspecified atom stereocenters. The Bertz CT molecular complexity index is 421. The molecular weight excluding hydrogens is 176 g/mol. The molecule has 0 aliphatic heterocycles. The number of hydrogen-bond donors (Lipinski definition) is 2. The number of benzene rings is 1. The molecule has 3 heteroatoms. The topological polar surface area (TPSA) is 48.9 Å². The summed E-state index contributed by atoms with van der Waals surface area (Å²) in [6.07, 6.45) is 4.31. The van der Waals surface area contributed by atoms with Crippen LogP contribution in [0.4, 0.5) is 0 Å². The molecule has 0 fully saturated rings. The summed E-state index contributed by atoms with van der Waals surface area (Å²) in [5.74, 6) is 0.999. The summed E-state index contributed by atoms with van der Waals surface area (Å²) in [5.41, 5.74) is 1.90. The van der Waals surface area contributed by atoms with Gasteiger partial charge in [0.05, 0.1) is 5.56 Å². The predicted octanol–water partition coefficient (Wildman–Crippen LogP) is 2.34. The van der Waals surface area contributed by atoms with E-state index in [9.17, 15) is 5.11 Å². The van der Waals surface area contributed by atoms with Gasteiger partial charge in [-0.05, 0) is 18.1 Å². The van der Waals surface area contributed by atoms with Gasteiger partial charge in [0.1, 0.15) is 11.6 Å². The number of nitrogens with zero attached hydrogens (tertiary/aromatic N) is 1. The molecule has 0 spiro atoms. The highest BCUT2D eigenvalue weighted by Gasteiger charge is 2.10. The van der Waals surface area contributed by atoms with E-state index >= 15 is 0 Å². The SMILES string of the molecule is CCc1cccc(O)c1-c1ncc[nH]1. The van der Waals surface area contributed by atoms with E-state index in [0.717, 1.165) is 23.4 Å². The van der Waals surface area contributed by atoms with Crippen LogP contribution in [-0.2, 0) is 6.42 Å². The largest absolute Gasteiger partial charge is 0.507 e. The van der Waals surface area contributed by atoms with E-state index in [4.69, 9.17) is 0 Å². The molecule has 72 valence electrons. The maximum atomic E-state index is 9.73. The van der Waals surface area contributed by atoms with Gasteiger partial charge in [-0.15, -0.1) is 0 Å². The van der Waals surface area contributed by atoms with E-state index in [0.29, 0.717) is 0 Å². The minimum atomic E-state index is 0.277. The second-order valence-corrected chi connectivity index (χ2v) is 3.10. The number of imidazole rings is 1. The van der Waals surface area contributed by atoms with Crippen molar-refractivity contribution in [3.05, 3.63) is 36.2 Å². The highest BCUT2D eigenvalue weighted by atomic mass is 16.3. The Morgan fingerprint density at radius 3 is 2.93 bits per heavy atom. The highest BCUT2D eigenvalue weighted by Crippen LogP contribution is 2.30. The number of aromatic amines is 1. The lowest BCUT2D eigenvalue weighted by atomic mass is 10.0. The Balaban J connectivity index is 2.61. The standard InChI is InChI=1S/C11H12N2O/c1-2-8-4-3-5-9(14)10(8)11-12-6-7-13-11/h3-7,14H,2H2,1H3,(H,12,13). The zero-order valence-electron chi connectivity index (χ0n) is 7.99. The Morgan fingerprint density at radius 2 is 2.29 bits per heavy atom. The fourth-order valence-electron chi connectivity index (χ4n) is 1.56. The molecule has 0 radical (unpaired) electrons. The van der Waals surface area contributed by atoms with Crippen LogP contribution in [0.25, 0.3) is 11.4 Å². The molecule has 0 aliphatic rings. The fourth-order valence-corrected chi connectivity index (χ4v) is 1.56. The second-order valence-electron chi connectivity index (χ2n) is 3.10. The molecule has 0 aliphatic carbocycles. The summed E-state index contributed by atoms with van der Waals surface area (Å²) in [7, 11) is 0. The van der Waals surface area contributed by atoms with Gasteiger partial charge < -0.3 is 10.1 Å². The Kier molecular flexibility index (Phi) is 2.23. The number of phenols is 1. The maximum absolute atomic E-state index is 9.73. The van der Waals surface area contributed by atoms with Gasteiger partial charge in [-0.25, -0.2) is 4.98 Å².